The van der Waals surface area contributed by atoms with E-state index < -0.39 is 12.5 Å². The van der Waals surface area contributed by atoms with Crippen molar-refractivity contribution in [1.82, 2.24) is 29.3 Å². The lowest BCUT2D eigenvalue weighted by Gasteiger charge is -2.27. The van der Waals surface area contributed by atoms with Crippen LogP contribution in [0.15, 0.2) is 18.7 Å². The zero-order valence-corrected chi connectivity index (χ0v) is 14.5. The number of hydrogen-bond donors (Lipinski definition) is 2. The number of rotatable bonds is 6. The number of alkyl halides is 2. The molecule has 0 radical (unpaired) electrons. The van der Waals surface area contributed by atoms with Crippen molar-refractivity contribution < 1.29 is 23.4 Å². The van der Waals surface area contributed by atoms with Crippen LogP contribution in [0.5, 0.6) is 0 Å². The van der Waals surface area contributed by atoms with Gasteiger partial charge in [-0.15, -0.1) is 0 Å². The molecule has 11 nitrogen and oxygen atoms in total. The third kappa shape index (κ3) is 3.43. The molecule has 4 rings (SSSR count). The Labute approximate surface area is 156 Å². The number of nitrogens with zero attached hydrogens (tertiary/aromatic N) is 7. The Morgan fingerprint density at radius 1 is 1.32 bits per heavy atom. The number of imidazole rings is 1. The number of nitrogens with one attached hydrogen (secondary N) is 1. The fraction of sp³-hybridized carbons (Fsp3) is 0.400. The molecule has 1 saturated heterocycles. The van der Waals surface area contributed by atoms with E-state index in [1.165, 1.54) is 23.3 Å². The molecule has 3 aromatic heterocycles. The molecule has 28 heavy (non-hydrogen) atoms. The Bertz CT molecular complexity index is 999. The van der Waals surface area contributed by atoms with E-state index in [2.05, 4.69) is 25.4 Å². The predicted octanol–water partition coefficient (Wildman–Crippen LogP) is 0.740. The van der Waals surface area contributed by atoms with Gasteiger partial charge in [-0.05, 0) is 0 Å². The van der Waals surface area contributed by atoms with E-state index >= 15 is 0 Å². The lowest BCUT2D eigenvalue weighted by atomic mass is 10.4. The van der Waals surface area contributed by atoms with Crippen LogP contribution in [0.1, 0.15) is 6.55 Å². The lowest BCUT2D eigenvalue weighted by molar-refractivity contribution is -0.134. The maximum Gasteiger partial charge on any atom is 0.333 e. The molecule has 0 unspecified atom stereocenters. The van der Waals surface area contributed by atoms with E-state index in [0.29, 0.717) is 53.8 Å². The third-order valence-corrected chi connectivity index (χ3v) is 4.15. The van der Waals surface area contributed by atoms with Crippen molar-refractivity contribution in [3.8, 4) is 5.69 Å². The molecule has 0 bridgehead atoms. The minimum absolute atomic E-state index is 0.244. The van der Waals surface area contributed by atoms with Crippen molar-refractivity contribution in [2.45, 2.75) is 6.55 Å². The smallest absolute Gasteiger partial charge is 0.333 e. The molecule has 2 N–H and O–H groups in total. The normalized spacial score (nSPS) is 14.8. The molecule has 0 saturated carbocycles. The van der Waals surface area contributed by atoms with Crippen molar-refractivity contribution in [2.75, 3.05) is 43.1 Å². The van der Waals surface area contributed by atoms with Crippen LogP contribution in [0.2, 0.25) is 0 Å². The number of morpholine rings is 1. The number of carboxylic acid groups (broad SMARTS) is 1. The first-order chi connectivity index (χ1) is 13.5. The summed E-state index contributed by atoms with van der Waals surface area (Å²) in [6, 6.07) is 0. The fourth-order valence-electron chi connectivity index (χ4n) is 2.82. The number of carbonyl (C=O) groups is 1. The van der Waals surface area contributed by atoms with Crippen LogP contribution in [0, 0.1) is 0 Å². The molecule has 0 aromatic carbocycles. The van der Waals surface area contributed by atoms with Crippen LogP contribution in [0.3, 0.4) is 0 Å². The number of fused-ring (bicyclic) bond motifs is 1. The van der Waals surface area contributed by atoms with E-state index in [1.54, 1.807) is 0 Å². The number of aliphatic carboxylic acids is 1. The van der Waals surface area contributed by atoms with Crippen molar-refractivity contribution in [3.63, 3.8) is 0 Å². The summed E-state index contributed by atoms with van der Waals surface area (Å²) in [4.78, 5) is 26.0. The number of hydrogen-bond acceptors (Lipinski definition) is 8. The molecule has 4 heterocycles. The second kappa shape index (κ2) is 7.34. The molecule has 0 aliphatic carbocycles. The Kier molecular flexibility index (Phi) is 4.73. The van der Waals surface area contributed by atoms with Gasteiger partial charge in [-0.25, -0.2) is 9.67 Å². The summed E-state index contributed by atoms with van der Waals surface area (Å²) in [7, 11) is 0. The minimum Gasteiger partial charge on any atom is -0.480 e. The zero-order chi connectivity index (χ0) is 19.7. The monoisotopic (exact) mass is 394 g/mol. The second-order valence-corrected chi connectivity index (χ2v) is 5.96. The van der Waals surface area contributed by atoms with Crippen molar-refractivity contribution in [1.29, 1.82) is 0 Å². The molecule has 1 aliphatic rings. The maximum absolute atomic E-state index is 12.8. The molecule has 0 spiro atoms. The average molecular weight is 394 g/mol. The average Bonchev–Trinajstić information content (AvgIpc) is 3.33. The Morgan fingerprint density at radius 2 is 2.11 bits per heavy atom. The molecule has 0 atom stereocenters. The highest BCUT2D eigenvalue weighted by Crippen LogP contribution is 2.25. The number of ether oxygens (including phenoxy) is 1. The van der Waals surface area contributed by atoms with Crippen LogP contribution in [-0.2, 0) is 9.53 Å². The van der Waals surface area contributed by atoms with Crippen LogP contribution in [0.4, 0.5) is 20.5 Å². The number of carboxylic acids is 1. The van der Waals surface area contributed by atoms with Gasteiger partial charge in [0.15, 0.2) is 17.0 Å². The Hall–Kier alpha value is -3.35. The number of halogens is 2. The van der Waals surface area contributed by atoms with Gasteiger partial charge in [0.1, 0.15) is 12.9 Å². The first kappa shape index (κ1) is 18.0. The minimum atomic E-state index is -2.77. The molecule has 0 amide bonds. The highest BCUT2D eigenvalue weighted by Gasteiger charge is 2.21. The van der Waals surface area contributed by atoms with E-state index in [-0.39, 0.29) is 12.4 Å². The topological polar surface area (TPSA) is 123 Å². The molecule has 13 heteroatoms. The third-order valence-electron chi connectivity index (χ3n) is 4.15. The van der Waals surface area contributed by atoms with Gasteiger partial charge in [0.05, 0.1) is 31.3 Å². The van der Waals surface area contributed by atoms with Crippen molar-refractivity contribution >= 4 is 28.9 Å². The number of aromatic nitrogens is 6. The van der Waals surface area contributed by atoms with E-state index in [1.807, 2.05) is 4.90 Å². The van der Waals surface area contributed by atoms with Gasteiger partial charge < -0.3 is 20.1 Å². The summed E-state index contributed by atoms with van der Waals surface area (Å²) in [6.45, 7) is -0.956. The molecular weight excluding hydrogens is 378 g/mol. The predicted molar refractivity (Wildman–Crippen MR) is 92.9 cm³/mol. The molecular formula is C15H16F2N8O3. The molecule has 1 fully saturated rings. The van der Waals surface area contributed by atoms with E-state index in [4.69, 9.17) is 9.84 Å². The molecule has 148 valence electrons. The summed E-state index contributed by atoms with van der Waals surface area (Å²) in [5, 5.41) is 15.3. The summed E-state index contributed by atoms with van der Waals surface area (Å²) in [6.07, 6.45) is 3.85. The van der Waals surface area contributed by atoms with Gasteiger partial charge in [-0.1, -0.05) is 0 Å². The fourth-order valence-corrected chi connectivity index (χ4v) is 2.82. The lowest BCUT2D eigenvalue weighted by Crippen LogP contribution is -2.37. The van der Waals surface area contributed by atoms with Crippen molar-refractivity contribution in [2.24, 2.45) is 0 Å². The maximum atomic E-state index is 12.8. The molecule has 1 aliphatic heterocycles. The standard InChI is InChI=1S/C15H16F2N8O3/c16-14(17)25-7-9(5-20-25)24-8-19-11-12(18-6-10(26)27)21-15(22-13(11)24)23-1-3-28-4-2-23/h5,7-8,14H,1-4,6H2,(H,26,27)(H,18,21,22). The highest BCUT2D eigenvalue weighted by molar-refractivity contribution is 5.87. The van der Waals surface area contributed by atoms with Gasteiger partial charge in [0, 0.05) is 13.1 Å². The summed E-state index contributed by atoms with van der Waals surface area (Å²) in [5.74, 6) is -0.446. The van der Waals surface area contributed by atoms with Gasteiger partial charge >= 0.3 is 12.5 Å². The van der Waals surface area contributed by atoms with Crippen LogP contribution < -0.4 is 10.2 Å². The SMILES string of the molecule is O=C(O)CNc1nc(N2CCOCC2)nc2c1ncn2-c1cnn(C(F)F)c1. The van der Waals surface area contributed by atoms with E-state index in [9.17, 15) is 13.6 Å². The summed E-state index contributed by atoms with van der Waals surface area (Å²) >= 11 is 0. The largest absolute Gasteiger partial charge is 0.480 e. The highest BCUT2D eigenvalue weighted by atomic mass is 19.3. The molecule has 3 aromatic rings. The van der Waals surface area contributed by atoms with Gasteiger partial charge in [0.2, 0.25) is 5.95 Å². The summed E-state index contributed by atoms with van der Waals surface area (Å²) < 4.78 is 33.1. The van der Waals surface area contributed by atoms with Gasteiger partial charge in [-0.3, -0.25) is 9.36 Å². The second-order valence-electron chi connectivity index (χ2n) is 5.96. The first-order valence-electron chi connectivity index (χ1n) is 8.39. The Morgan fingerprint density at radius 3 is 2.79 bits per heavy atom. The van der Waals surface area contributed by atoms with E-state index in [0.717, 1.165) is 0 Å². The summed E-state index contributed by atoms with van der Waals surface area (Å²) in [5.41, 5.74) is 1.01. The quantitative estimate of drug-likeness (QED) is 0.623. The van der Waals surface area contributed by atoms with Crippen molar-refractivity contribution in [3.05, 3.63) is 18.7 Å². The van der Waals surface area contributed by atoms with Gasteiger partial charge in [-0.2, -0.15) is 23.8 Å². The van der Waals surface area contributed by atoms with Crippen LogP contribution in [0.25, 0.3) is 16.9 Å². The Balaban J connectivity index is 1.80. The zero-order valence-electron chi connectivity index (χ0n) is 14.5. The van der Waals surface area contributed by atoms with Gasteiger partial charge in [0.25, 0.3) is 0 Å². The first-order valence-corrected chi connectivity index (χ1v) is 8.39. The van der Waals surface area contributed by atoms with Crippen LogP contribution >= 0.6 is 0 Å². The van der Waals surface area contributed by atoms with Crippen LogP contribution in [-0.4, -0.2) is 73.2 Å². The number of anilines is 2.